The Bertz CT molecular complexity index is 775. The molecule has 0 aromatic heterocycles. The van der Waals surface area contributed by atoms with Gasteiger partial charge in [0.05, 0.1) is 12.5 Å². The first kappa shape index (κ1) is 18.8. The zero-order chi connectivity index (χ0) is 19.6. The van der Waals surface area contributed by atoms with E-state index in [1.807, 2.05) is 0 Å². The predicted molar refractivity (Wildman–Crippen MR) is 102 cm³/mol. The molecule has 0 saturated heterocycles. The van der Waals surface area contributed by atoms with Crippen LogP contribution in [0.4, 0.5) is 0 Å². The fourth-order valence-electron chi connectivity index (χ4n) is 6.80. The van der Waals surface area contributed by atoms with Crippen LogP contribution in [0, 0.1) is 28.6 Å². The third kappa shape index (κ3) is 2.63. The third-order valence-corrected chi connectivity index (χ3v) is 8.26. The Hall–Kier alpha value is -1.55. The molecule has 27 heavy (non-hydrogen) atoms. The summed E-state index contributed by atoms with van der Waals surface area (Å²) in [5.74, 6) is 0.840. The maximum absolute atomic E-state index is 12.7. The summed E-state index contributed by atoms with van der Waals surface area (Å²) in [6, 6.07) is 0. The number of ketones is 3. The molecule has 0 bridgehead atoms. The van der Waals surface area contributed by atoms with Gasteiger partial charge in [-0.05, 0) is 69.3 Å². The van der Waals surface area contributed by atoms with Crippen LogP contribution >= 0.6 is 0 Å². The molecule has 0 amide bonds. The molecule has 4 aliphatic rings. The van der Waals surface area contributed by atoms with Crippen molar-refractivity contribution < 1.29 is 19.5 Å². The highest BCUT2D eigenvalue weighted by Crippen LogP contribution is 2.64. The molecule has 0 spiro atoms. The quantitative estimate of drug-likeness (QED) is 0.609. The first-order valence-corrected chi connectivity index (χ1v) is 10.3. The number of rotatable bonds is 3. The van der Waals surface area contributed by atoms with Gasteiger partial charge in [0.15, 0.2) is 5.78 Å². The van der Waals surface area contributed by atoms with E-state index in [9.17, 15) is 19.5 Å². The van der Waals surface area contributed by atoms with E-state index < -0.39 is 11.5 Å². The smallest absolute Gasteiger partial charge is 0.158 e. The van der Waals surface area contributed by atoms with Gasteiger partial charge in [-0.2, -0.15) is 0 Å². The molecular formula is C23H30O4. The second-order valence-corrected chi connectivity index (χ2v) is 9.65. The van der Waals surface area contributed by atoms with Gasteiger partial charge in [-0.1, -0.05) is 24.1 Å². The van der Waals surface area contributed by atoms with E-state index in [1.165, 1.54) is 12.5 Å². The Balaban J connectivity index is 1.69. The number of fused-ring (bicyclic) bond motifs is 5. The van der Waals surface area contributed by atoms with Crippen LogP contribution in [0.25, 0.3) is 0 Å². The van der Waals surface area contributed by atoms with E-state index in [-0.39, 0.29) is 41.5 Å². The third-order valence-electron chi connectivity index (χ3n) is 8.26. The van der Waals surface area contributed by atoms with E-state index in [1.54, 1.807) is 6.08 Å². The first-order valence-electron chi connectivity index (χ1n) is 10.3. The van der Waals surface area contributed by atoms with E-state index >= 15 is 0 Å². The SMILES string of the molecule is CC(=O)CC(=O)[C@H]1CC[C@H]2[C@@H]3CCC4=CC(=O)CC(O)[C@]4(C)C3=CC[C@]12C. The van der Waals surface area contributed by atoms with Crippen LogP contribution in [0.15, 0.2) is 23.3 Å². The van der Waals surface area contributed by atoms with Gasteiger partial charge in [0.1, 0.15) is 11.6 Å². The zero-order valence-corrected chi connectivity index (χ0v) is 16.6. The number of carbonyl (C=O) groups is 3. The van der Waals surface area contributed by atoms with E-state index in [2.05, 4.69) is 19.9 Å². The molecule has 0 aromatic carbocycles. The maximum Gasteiger partial charge on any atom is 0.158 e. The van der Waals surface area contributed by atoms with Crippen LogP contribution in [0.3, 0.4) is 0 Å². The number of carbonyl (C=O) groups excluding carboxylic acids is 3. The van der Waals surface area contributed by atoms with Crippen LogP contribution in [-0.4, -0.2) is 28.6 Å². The van der Waals surface area contributed by atoms with Crippen molar-refractivity contribution in [2.75, 3.05) is 0 Å². The van der Waals surface area contributed by atoms with Crippen LogP contribution in [0.1, 0.15) is 65.7 Å². The van der Waals surface area contributed by atoms with Crippen LogP contribution < -0.4 is 0 Å². The van der Waals surface area contributed by atoms with Crippen molar-refractivity contribution >= 4 is 17.3 Å². The summed E-state index contributed by atoms with van der Waals surface area (Å²) in [5, 5.41) is 10.8. The molecule has 1 unspecified atom stereocenters. The summed E-state index contributed by atoms with van der Waals surface area (Å²) in [5.41, 5.74) is 1.86. The second-order valence-electron chi connectivity index (χ2n) is 9.65. The average molecular weight is 370 g/mol. The molecule has 146 valence electrons. The van der Waals surface area contributed by atoms with Gasteiger partial charge in [-0.25, -0.2) is 0 Å². The van der Waals surface area contributed by atoms with Crippen molar-refractivity contribution in [3.8, 4) is 0 Å². The standard InChI is InChI=1S/C23H30O4/c1-13(24)10-20(26)19-7-6-17-16-5-4-14-11-15(25)12-21(27)23(14,3)18(16)8-9-22(17,19)2/h8,11,16-17,19,21,27H,4-7,9-10,12H2,1-3H3/t16-,17-,19+,21?,22-,23-/m0/s1. The number of allylic oxidation sites excluding steroid dienone is 2. The summed E-state index contributed by atoms with van der Waals surface area (Å²) in [6.45, 7) is 5.83. The molecule has 6 atom stereocenters. The molecule has 4 rings (SSSR count). The lowest BCUT2D eigenvalue weighted by molar-refractivity contribution is -0.131. The number of hydrogen-bond donors (Lipinski definition) is 1. The molecule has 4 heteroatoms. The van der Waals surface area contributed by atoms with Gasteiger partial charge < -0.3 is 5.11 Å². The Morgan fingerprint density at radius 2 is 1.96 bits per heavy atom. The summed E-state index contributed by atoms with van der Waals surface area (Å²) in [4.78, 5) is 36.1. The maximum atomic E-state index is 12.7. The van der Waals surface area contributed by atoms with Crippen LogP contribution in [0.5, 0.6) is 0 Å². The summed E-state index contributed by atoms with van der Waals surface area (Å²) in [6.07, 6.45) is 8.17. The minimum absolute atomic E-state index is 0.0328. The Morgan fingerprint density at radius 1 is 1.22 bits per heavy atom. The highest BCUT2D eigenvalue weighted by Gasteiger charge is 2.58. The fourth-order valence-corrected chi connectivity index (χ4v) is 6.80. The normalized spacial score (nSPS) is 43.2. The first-order chi connectivity index (χ1) is 12.7. The molecule has 2 saturated carbocycles. The van der Waals surface area contributed by atoms with E-state index in [0.717, 1.165) is 37.7 Å². The molecule has 4 aliphatic carbocycles. The van der Waals surface area contributed by atoms with Crippen molar-refractivity contribution in [1.29, 1.82) is 0 Å². The molecule has 2 fully saturated rings. The molecule has 0 aromatic rings. The Kier molecular flexibility index (Phi) is 4.34. The minimum Gasteiger partial charge on any atom is -0.391 e. The van der Waals surface area contributed by atoms with Gasteiger partial charge in [0.2, 0.25) is 0 Å². The van der Waals surface area contributed by atoms with Crippen molar-refractivity contribution in [2.45, 2.75) is 71.8 Å². The summed E-state index contributed by atoms with van der Waals surface area (Å²) < 4.78 is 0. The fraction of sp³-hybridized carbons (Fsp3) is 0.696. The van der Waals surface area contributed by atoms with Gasteiger partial charge in [-0.15, -0.1) is 0 Å². The van der Waals surface area contributed by atoms with Crippen molar-refractivity contribution in [1.82, 2.24) is 0 Å². The molecule has 0 radical (unpaired) electrons. The lowest BCUT2D eigenvalue weighted by Crippen LogP contribution is -2.50. The predicted octanol–water partition coefficient (Wildman–Crippen LogP) is 3.57. The Morgan fingerprint density at radius 3 is 2.67 bits per heavy atom. The highest BCUT2D eigenvalue weighted by molar-refractivity contribution is 5.99. The monoisotopic (exact) mass is 370 g/mol. The van der Waals surface area contributed by atoms with E-state index in [0.29, 0.717) is 11.8 Å². The minimum atomic E-state index is -0.653. The zero-order valence-electron chi connectivity index (χ0n) is 16.6. The van der Waals surface area contributed by atoms with Crippen molar-refractivity contribution in [3.63, 3.8) is 0 Å². The number of aliphatic hydroxyl groups excluding tert-OH is 1. The average Bonchev–Trinajstić information content (AvgIpc) is 2.93. The van der Waals surface area contributed by atoms with E-state index in [4.69, 9.17) is 0 Å². The van der Waals surface area contributed by atoms with Crippen molar-refractivity contribution in [3.05, 3.63) is 23.3 Å². The highest BCUT2D eigenvalue weighted by atomic mass is 16.3. The molecule has 4 nitrogen and oxygen atoms in total. The van der Waals surface area contributed by atoms with Gasteiger partial charge in [0.25, 0.3) is 0 Å². The van der Waals surface area contributed by atoms with Gasteiger partial charge >= 0.3 is 0 Å². The molecular weight excluding hydrogens is 340 g/mol. The van der Waals surface area contributed by atoms with Gasteiger partial charge in [-0.3, -0.25) is 14.4 Å². The summed E-state index contributed by atoms with van der Waals surface area (Å²) in [7, 11) is 0. The van der Waals surface area contributed by atoms with Crippen LogP contribution in [-0.2, 0) is 14.4 Å². The largest absolute Gasteiger partial charge is 0.391 e. The topological polar surface area (TPSA) is 71.4 Å². The lowest BCUT2D eigenvalue weighted by atomic mass is 9.50. The number of Topliss-reactive ketones (excluding diaryl/α,β-unsaturated/α-hetero) is 2. The lowest BCUT2D eigenvalue weighted by Gasteiger charge is -2.54. The second kappa shape index (κ2) is 6.23. The van der Waals surface area contributed by atoms with Crippen molar-refractivity contribution in [2.24, 2.45) is 28.6 Å². The summed E-state index contributed by atoms with van der Waals surface area (Å²) >= 11 is 0. The Labute approximate surface area is 161 Å². The molecule has 0 heterocycles. The van der Waals surface area contributed by atoms with Gasteiger partial charge in [0, 0.05) is 17.8 Å². The molecule has 0 aliphatic heterocycles. The van der Waals surface area contributed by atoms with Crippen LogP contribution in [0.2, 0.25) is 0 Å². The number of aliphatic hydroxyl groups is 1. The number of hydrogen-bond acceptors (Lipinski definition) is 4. The molecule has 1 N–H and O–H groups in total.